The molecule has 1 aromatic heterocycles. The molecule has 7 heteroatoms. The summed E-state index contributed by atoms with van der Waals surface area (Å²) in [7, 11) is 0. The zero-order valence-corrected chi connectivity index (χ0v) is 9.98. The Hall–Kier alpha value is -2.57. The van der Waals surface area contributed by atoms with Gasteiger partial charge in [-0.3, -0.25) is 0 Å². The lowest BCUT2D eigenvalue weighted by molar-refractivity contribution is -0.141. The number of hydrogen-bond donors (Lipinski definition) is 2. The lowest BCUT2D eigenvalue weighted by atomic mass is 10.2. The SMILES string of the molecule is O=c1nc(C=Cc2ccc(O)cc2)cc(C(F)(F)F)[nH]1. The van der Waals surface area contributed by atoms with Crippen LogP contribution in [-0.2, 0) is 6.18 Å². The van der Waals surface area contributed by atoms with Crippen molar-refractivity contribution in [2.24, 2.45) is 0 Å². The molecule has 1 heterocycles. The van der Waals surface area contributed by atoms with Gasteiger partial charge in [-0.25, -0.2) is 4.79 Å². The zero-order chi connectivity index (χ0) is 14.8. The molecule has 104 valence electrons. The number of alkyl halides is 3. The van der Waals surface area contributed by atoms with Crippen molar-refractivity contribution in [3.8, 4) is 5.75 Å². The van der Waals surface area contributed by atoms with Crippen molar-refractivity contribution in [2.75, 3.05) is 0 Å². The number of rotatable bonds is 2. The fourth-order valence-electron chi connectivity index (χ4n) is 1.48. The Morgan fingerprint density at radius 1 is 1.15 bits per heavy atom. The first kappa shape index (κ1) is 13.9. The Balaban J connectivity index is 2.32. The van der Waals surface area contributed by atoms with E-state index in [1.807, 2.05) is 0 Å². The summed E-state index contributed by atoms with van der Waals surface area (Å²) >= 11 is 0. The fourth-order valence-corrected chi connectivity index (χ4v) is 1.48. The summed E-state index contributed by atoms with van der Waals surface area (Å²) in [4.78, 5) is 16.1. The second kappa shape index (κ2) is 5.20. The quantitative estimate of drug-likeness (QED) is 0.890. The number of phenols is 1. The molecule has 0 unspecified atom stereocenters. The highest BCUT2D eigenvalue weighted by Crippen LogP contribution is 2.27. The fraction of sp³-hybridized carbons (Fsp3) is 0.0769. The van der Waals surface area contributed by atoms with Crippen molar-refractivity contribution < 1.29 is 18.3 Å². The van der Waals surface area contributed by atoms with Gasteiger partial charge >= 0.3 is 11.9 Å². The summed E-state index contributed by atoms with van der Waals surface area (Å²) in [5, 5.41) is 9.10. The van der Waals surface area contributed by atoms with Gasteiger partial charge in [-0.1, -0.05) is 18.2 Å². The smallest absolute Gasteiger partial charge is 0.431 e. The van der Waals surface area contributed by atoms with Crippen LogP contribution in [0.15, 0.2) is 35.1 Å². The van der Waals surface area contributed by atoms with Crippen molar-refractivity contribution in [1.29, 1.82) is 0 Å². The van der Waals surface area contributed by atoms with E-state index in [4.69, 9.17) is 5.11 Å². The third kappa shape index (κ3) is 3.47. The van der Waals surface area contributed by atoms with Crippen molar-refractivity contribution in [1.82, 2.24) is 9.97 Å². The monoisotopic (exact) mass is 282 g/mol. The number of phenolic OH excluding ortho intramolecular Hbond substituents is 1. The second-order valence-electron chi connectivity index (χ2n) is 3.95. The van der Waals surface area contributed by atoms with Crippen LogP contribution in [0.3, 0.4) is 0 Å². The van der Waals surface area contributed by atoms with Crippen molar-refractivity contribution in [2.45, 2.75) is 6.18 Å². The van der Waals surface area contributed by atoms with Gasteiger partial charge in [0.1, 0.15) is 11.4 Å². The van der Waals surface area contributed by atoms with Crippen LogP contribution < -0.4 is 5.69 Å². The number of hydrogen-bond acceptors (Lipinski definition) is 3. The molecule has 0 fully saturated rings. The van der Waals surface area contributed by atoms with E-state index in [0.717, 1.165) is 6.07 Å². The molecule has 2 aromatic rings. The largest absolute Gasteiger partial charge is 0.508 e. The topological polar surface area (TPSA) is 66.0 Å². The number of nitrogens with one attached hydrogen (secondary N) is 1. The normalized spacial score (nSPS) is 11.9. The number of halogens is 3. The van der Waals surface area contributed by atoms with Crippen LogP contribution in [0.2, 0.25) is 0 Å². The highest BCUT2D eigenvalue weighted by atomic mass is 19.4. The maximum Gasteiger partial charge on any atom is 0.431 e. The van der Waals surface area contributed by atoms with Gasteiger partial charge in [-0.05, 0) is 29.8 Å². The van der Waals surface area contributed by atoms with Crippen LogP contribution in [0, 0.1) is 0 Å². The highest BCUT2D eigenvalue weighted by Gasteiger charge is 2.32. The Labute approximate surface area is 111 Å². The standard InChI is InChI=1S/C13H9F3N2O2/c14-13(15,16)11-7-9(17-12(20)18-11)4-1-8-2-5-10(19)6-3-8/h1-7,19H,(H,17,18,20). The van der Waals surface area contributed by atoms with Gasteiger partial charge in [-0.2, -0.15) is 18.2 Å². The van der Waals surface area contributed by atoms with Gasteiger partial charge < -0.3 is 10.1 Å². The van der Waals surface area contributed by atoms with Gasteiger partial charge in [0.2, 0.25) is 0 Å². The predicted molar refractivity (Wildman–Crippen MR) is 66.9 cm³/mol. The van der Waals surface area contributed by atoms with Gasteiger partial charge in [-0.15, -0.1) is 0 Å². The summed E-state index contributed by atoms with van der Waals surface area (Å²) in [6.07, 6.45) is -1.86. The minimum Gasteiger partial charge on any atom is -0.508 e. The predicted octanol–water partition coefficient (Wildman–Crippen LogP) is 2.66. The third-order valence-electron chi connectivity index (χ3n) is 2.41. The Morgan fingerprint density at radius 2 is 1.80 bits per heavy atom. The van der Waals surface area contributed by atoms with E-state index in [2.05, 4.69) is 4.98 Å². The van der Waals surface area contributed by atoms with Crippen LogP contribution in [-0.4, -0.2) is 15.1 Å². The molecule has 4 nitrogen and oxygen atoms in total. The van der Waals surface area contributed by atoms with Crippen LogP contribution >= 0.6 is 0 Å². The molecule has 0 aliphatic heterocycles. The molecule has 0 atom stereocenters. The molecule has 0 amide bonds. The maximum atomic E-state index is 12.5. The molecule has 0 aliphatic rings. The molecule has 2 N–H and O–H groups in total. The van der Waals surface area contributed by atoms with Gasteiger partial charge in [0.05, 0.1) is 5.69 Å². The number of H-pyrrole nitrogens is 1. The minimum atomic E-state index is -4.64. The van der Waals surface area contributed by atoms with E-state index < -0.39 is 17.6 Å². The van der Waals surface area contributed by atoms with Crippen LogP contribution in [0.5, 0.6) is 5.75 Å². The maximum absolute atomic E-state index is 12.5. The van der Waals surface area contributed by atoms with E-state index in [1.165, 1.54) is 24.3 Å². The summed E-state index contributed by atoms with van der Waals surface area (Å²) in [5.74, 6) is 0.0794. The molecular weight excluding hydrogens is 273 g/mol. The number of aromatic hydroxyl groups is 1. The third-order valence-corrected chi connectivity index (χ3v) is 2.41. The second-order valence-corrected chi connectivity index (χ2v) is 3.95. The molecule has 0 radical (unpaired) electrons. The van der Waals surface area contributed by atoms with Gasteiger partial charge in [0.25, 0.3) is 0 Å². The van der Waals surface area contributed by atoms with Crippen LogP contribution in [0.4, 0.5) is 13.2 Å². The molecule has 0 aliphatic carbocycles. The van der Waals surface area contributed by atoms with Crippen molar-refractivity contribution in [3.63, 3.8) is 0 Å². The first-order valence-electron chi connectivity index (χ1n) is 5.50. The minimum absolute atomic E-state index is 0.0794. The Morgan fingerprint density at radius 3 is 2.40 bits per heavy atom. The van der Waals surface area contributed by atoms with Gasteiger partial charge in [0, 0.05) is 0 Å². The summed E-state index contributed by atoms with van der Waals surface area (Å²) in [6.45, 7) is 0. The number of aromatic nitrogens is 2. The Bertz CT molecular complexity index is 688. The van der Waals surface area contributed by atoms with E-state index in [0.29, 0.717) is 5.56 Å². The molecule has 2 rings (SSSR count). The average molecular weight is 282 g/mol. The number of aromatic amines is 1. The number of nitrogens with zero attached hydrogens (tertiary/aromatic N) is 1. The average Bonchev–Trinajstić information content (AvgIpc) is 2.36. The first-order valence-corrected chi connectivity index (χ1v) is 5.50. The van der Waals surface area contributed by atoms with E-state index in [9.17, 15) is 18.0 Å². The molecule has 20 heavy (non-hydrogen) atoms. The summed E-state index contributed by atoms with van der Waals surface area (Å²) in [6, 6.07) is 6.77. The van der Waals surface area contributed by atoms with E-state index >= 15 is 0 Å². The molecular formula is C13H9F3N2O2. The van der Waals surface area contributed by atoms with Crippen molar-refractivity contribution in [3.05, 3.63) is 57.8 Å². The van der Waals surface area contributed by atoms with Gasteiger partial charge in [0.15, 0.2) is 0 Å². The number of benzene rings is 1. The van der Waals surface area contributed by atoms with E-state index in [-0.39, 0.29) is 11.4 Å². The van der Waals surface area contributed by atoms with Crippen molar-refractivity contribution >= 4 is 12.2 Å². The first-order chi connectivity index (χ1) is 9.34. The zero-order valence-electron chi connectivity index (χ0n) is 9.98. The molecule has 0 bridgehead atoms. The molecule has 0 saturated carbocycles. The van der Waals surface area contributed by atoms with Crippen LogP contribution in [0.25, 0.3) is 12.2 Å². The molecule has 0 saturated heterocycles. The Kier molecular flexibility index (Phi) is 3.60. The summed E-state index contributed by atoms with van der Waals surface area (Å²) in [5.41, 5.74) is -1.67. The molecule has 1 aromatic carbocycles. The van der Waals surface area contributed by atoms with Crippen LogP contribution in [0.1, 0.15) is 17.0 Å². The lowest BCUT2D eigenvalue weighted by Gasteiger charge is -2.05. The lowest BCUT2D eigenvalue weighted by Crippen LogP contribution is -2.19. The summed E-state index contributed by atoms with van der Waals surface area (Å²) < 4.78 is 37.5. The molecule has 0 spiro atoms. The highest BCUT2D eigenvalue weighted by molar-refractivity contribution is 5.68. The van der Waals surface area contributed by atoms with E-state index in [1.54, 1.807) is 17.1 Å².